The molecule has 0 N–H and O–H groups in total. The molecule has 0 aromatic heterocycles. The van der Waals surface area contributed by atoms with E-state index >= 15 is 0 Å². The van der Waals surface area contributed by atoms with Gasteiger partial charge >= 0.3 is 0 Å². The summed E-state index contributed by atoms with van der Waals surface area (Å²) in [6.45, 7) is 5.64. The van der Waals surface area contributed by atoms with Crippen molar-refractivity contribution in [1.29, 1.82) is 0 Å². The Balaban J connectivity index is 3.15. The lowest BCUT2D eigenvalue weighted by molar-refractivity contribution is 0.621. The average Bonchev–Trinajstić information content (AvgIpc) is 1.94. The van der Waals surface area contributed by atoms with E-state index in [-0.39, 0.29) is 5.82 Å². The van der Waals surface area contributed by atoms with Gasteiger partial charge in [0.1, 0.15) is 5.82 Å². The lowest BCUT2D eigenvalue weighted by Crippen LogP contribution is -1.81. The molecule has 0 amide bonds. The molecule has 0 saturated heterocycles. The van der Waals surface area contributed by atoms with Gasteiger partial charge in [-0.15, -0.1) is 0 Å². The highest BCUT2D eigenvalue weighted by molar-refractivity contribution is 9.10. The van der Waals surface area contributed by atoms with E-state index in [1.54, 1.807) is 12.1 Å². The number of hydrogen-bond donors (Lipinski definition) is 0. The molecule has 1 aromatic rings. The molecule has 0 fully saturated rings. The summed E-state index contributed by atoms with van der Waals surface area (Å²) in [7, 11) is 0. The number of hydrogen-bond acceptors (Lipinski definition) is 0. The first-order chi connectivity index (χ1) is 5.11. The molecule has 0 bridgehead atoms. The van der Waals surface area contributed by atoms with Crippen molar-refractivity contribution in [2.24, 2.45) is 0 Å². The first kappa shape index (κ1) is 8.47. The molecule has 0 heterocycles. The molecule has 0 aliphatic heterocycles. The average molecular weight is 215 g/mol. The fraction of sp³-hybridized carbons (Fsp3) is 0.111. The highest BCUT2D eigenvalue weighted by Crippen LogP contribution is 2.20. The first-order valence-electron chi connectivity index (χ1n) is 3.22. The second-order valence-corrected chi connectivity index (χ2v) is 3.26. The van der Waals surface area contributed by atoms with Crippen LogP contribution in [0.5, 0.6) is 0 Å². The zero-order valence-corrected chi connectivity index (χ0v) is 7.78. The molecule has 1 aromatic carbocycles. The molecule has 0 aliphatic rings. The maximum absolute atomic E-state index is 12.7. The fourth-order valence-electron chi connectivity index (χ4n) is 0.762. The van der Waals surface area contributed by atoms with Crippen LogP contribution in [0.3, 0.4) is 0 Å². The predicted molar refractivity (Wildman–Crippen MR) is 48.8 cm³/mol. The van der Waals surface area contributed by atoms with Crippen LogP contribution in [-0.2, 0) is 0 Å². The number of halogens is 2. The van der Waals surface area contributed by atoms with Gasteiger partial charge in [0.2, 0.25) is 0 Å². The van der Waals surface area contributed by atoms with Crippen LogP contribution < -0.4 is 0 Å². The van der Waals surface area contributed by atoms with Crippen molar-refractivity contribution in [3.63, 3.8) is 0 Å². The molecule has 0 aliphatic carbocycles. The van der Waals surface area contributed by atoms with Crippen molar-refractivity contribution in [1.82, 2.24) is 0 Å². The molecule has 0 saturated carbocycles. The van der Waals surface area contributed by atoms with Gasteiger partial charge in [-0.1, -0.05) is 18.2 Å². The molecule has 58 valence electrons. The van der Waals surface area contributed by atoms with Crippen LogP contribution >= 0.6 is 15.9 Å². The number of benzene rings is 1. The van der Waals surface area contributed by atoms with Gasteiger partial charge in [0.25, 0.3) is 0 Å². The quantitative estimate of drug-likeness (QED) is 0.671. The Morgan fingerprint density at radius 1 is 1.55 bits per heavy atom. The molecule has 0 unspecified atom stereocenters. The lowest BCUT2D eigenvalue weighted by Gasteiger charge is -2.00. The van der Waals surface area contributed by atoms with Gasteiger partial charge in [0.05, 0.1) is 4.47 Å². The van der Waals surface area contributed by atoms with Crippen molar-refractivity contribution in [2.45, 2.75) is 6.92 Å². The molecule has 0 atom stereocenters. The van der Waals surface area contributed by atoms with E-state index in [4.69, 9.17) is 0 Å². The van der Waals surface area contributed by atoms with E-state index in [0.717, 1.165) is 11.1 Å². The van der Waals surface area contributed by atoms with Gasteiger partial charge in [-0.25, -0.2) is 4.39 Å². The maximum atomic E-state index is 12.7. The Labute approximate surface area is 73.9 Å². The van der Waals surface area contributed by atoms with Crippen molar-refractivity contribution in [3.05, 3.63) is 40.6 Å². The van der Waals surface area contributed by atoms with Crippen molar-refractivity contribution in [2.75, 3.05) is 0 Å². The minimum Gasteiger partial charge on any atom is -0.206 e. The minimum absolute atomic E-state index is 0.241. The molecule has 0 radical (unpaired) electrons. The second kappa shape index (κ2) is 3.18. The van der Waals surface area contributed by atoms with E-state index in [9.17, 15) is 4.39 Å². The third kappa shape index (κ3) is 1.90. The largest absolute Gasteiger partial charge is 0.206 e. The van der Waals surface area contributed by atoms with Crippen LogP contribution in [0.1, 0.15) is 12.5 Å². The van der Waals surface area contributed by atoms with Crippen LogP contribution in [0.4, 0.5) is 4.39 Å². The SMILES string of the molecule is C=C(C)c1ccc(F)c(Br)c1. The Morgan fingerprint density at radius 2 is 2.18 bits per heavy atom. The van der Waals surface area contributed by atoms with Gasteiger partial charge in [-0.05, 0) is 40.5 Å². The van der Waals surface area contributed by atoms with Crippen molar-refractivity contribution in [3.8, 4) is 0 Å². The second-order valence-electron chi connectivity index (χ2n) is 2.41. The van der Waals surface area contributed by atoms with Crippen LogP contribution in [-0.4, -0.2) is 0 Å². The van der Waals surface area contributed by atoms with E-state index in [1.165, 1.54) is 6.07 Å². The van der Waals surface area contributed by atoms with E-state index < -0.39 is 0 Å². The highest BCUT2D eigenvalue weighted by Gasteiger charge is 1.99. The van der Waals surface area contributed by atoms with Crippen LogP contribution in [0.2, 0.25) is 0 Å². The van der Waals surface area contributed by atoms with E-state index in [0.29, 0.717) is 4.47 Å². The zero-order valence-electron chi connectivity index (χ0n) is 6.20. The lowest BCUT2D eigenvalue weighted by atomic mass is 10.1. The standard InChI is InChI=1S/C9H8BrF/c1-6(2)7-3-4-9(11)8(10)5-7/h3-5H,1H2,2H3. The summed E-state index contributed by atoms with van der Waals surface area (Å²) in [5.41, 5.74) is 1.89. The Morgan fingerprint density at radius 3 is 2.64 bits per heavy atom. The van der Waals surface area contributed by atoms with Gasteiger partial charge in [-0.2, -0.15) is 0 Å². The zero-order chi connectivity index (χ0) is 8.43. The molecule has 0 nitrogen and oxygen atoms in total. The number of allylic oxidation sites excluding steroid dienone is 1. The Bertz CT molecular complexity index is 292. The summed E-state index contributed by atoms with van der Waals surface area (Å²) in [5, 5.41) is 0. The fourth-order valence-corrected chi connectivity index (χ4v) is 1.14. The van der Waals surface area contributed by atoms with Gasteiger partial charge < -0.3 is 0 Å². The molecule has 11 heavy (non-hydrogen) atoms. The molecular weight excluding hydrogens is 207 g/mol. The normalized spacial score (nSPS) is 9.73. The van der Waals surface area contributed by atoms with Crippen LogP contribution in [0.15, 0.2) is 29.3 Å². The first-order valence-corrected chi connectivity index (χ1v) is 4.01. The highest BCUT2D eigenvalue weighted by atomic mass is 79.9. The monoisotopic (exact) mass is 214 g/mol. The van der Waals surface area contributed by atoms with Crippen LogP contribution in [0.25, 0.3) is 5.57 Å². The topological polar surface area (TPSA) is 0 Å². The van der Waals surface area contributed by atoms with Gasteiger partial charge in [0.15, 0.2) is 0 Å². The summed E-state index contributed by atoms with van der Waals surface area (Å²) in [6, 6.07) is 4.86. The van der Waals surface area contributed by atoms with Crippen molar-refractivity contribution < 1.29 is 4.39 Å². The third-order valence-corrected chi connectivity index (χ3v) is 2.02. The third-order valence-electron chi connectivity index (χ3n) is 1.41. The maximum Gasteiger partial charge on any atom is 0.137 e. The number of rotatable bonds is 1. The van der Waals surface area contributed by atoms with Gasteiger partial charge in [0, 0.05) is 0 Å². The molecule has 1 rings (SSSR count). The van der Waals surface area contributed by atoms with E-state index in [2.05, 4.69) is 22.5 Å². The Hall–Kier alpha value is -0.630. The Kier molecular flexibility index (Phi) is 2.45. The predicted octanol–water partition coefficient (Wildman–Crippen LogP) is 3.62. The van der Waals surface area contributed by atoms with Crippen molar-refractivity contribution >= 4 is 21.5 Å². The minimum atomic E-state index is -0.241. The molecular formula is C9H8BrF. The summed E-state index contributed by atoms with van der Waals surface area (Å²) in [5.74, 6) is -0.241. The summed E-state index contributed by atoms with van der Waals surface area (Å²) < 4.78 is 13.2. The summed E-state index contributed by atoms with van der Waals surface area (Å²) >= 11 is 3.10. The van der Waals surface area contributed by atoms with Crippen LogP contribution in [0, 0.1) is 5.82 Å². The van der Waals surface area contributed by atoms with E-state index in [1.807, 2.05) is 6.92 Å². The molecule has 2 heteroatoms. The summed E-state index contributed by atoms with van der Waals surface area (Å²) in [6.07, 6.45) is 0. The summed E-state index contributed by atoms with van der Waals surface area (Å²) in [4.78, 5) is 0. The van der Waals surface area contributed by atoms with Gasteiger partial charge in [-0.3, -0.25) is 0 Å². The molecule has 0 spiro atoms. The smallest absolute Gasteiger partial charge is 0.137 e.